The van der Waals surface area contributed by atoms with Gasteiger partial charge >= 0.3 is 37.7 Å². The summed E-state index contributed by atoms with van der Waals surface area (Å²) in [6.45, 7) is 4.11. The topological polar surface area (TPSA) is 89.5 Å². The van der Waals surface area contributed by atoms with E-state index in [-0.39, 0.29) is 50.8 Å². The number of hydrogen-bond acceptors (Lipinski definition) is 5. The van der Waals surface area contributed by atoms with Gasteiger partial charge in [-0.2, -0.15) is 0 Å². The van der Waals surface area contributed by atoms with Crippen LogP contribution in [0.2, 0.25) is 0 Å². The van der Waals surface area contributed by atoms with Gasteiger partial charge in [0.25, 0.3) is 0 Å². The van der Waals surface area contributed by atoms with E-state index in [1.54, 1.807) is 6.92 Å². The van der Waals surface area contributed by atoms with Gasteiger partial charge in [0.15, 0.2) is 0 Å². The van der Waals surface area contributed by atoms with E-state index < -0.39 is 11.9 Å². The third-order valence-electron chi connectivity index (χ3n) is 4.75. The van der Waals surface area contributed by atoms with Crippen molar-refractivity contribution in [2.75, 3.05) is 13.2 Å². The number of aliphatic carboxylic acids is 2. The van der Waals surface area contributed by atoms with Crippen molar-refractivity contribution in [2.24, 2.45) is 0 Å². The zero-order chi connectivity index (χ0) is 24.1. The molecule has 0 saturated carbocycles. The number of carbonyl (C=O) groups excluding carboxylic acids is 2. The van der Waals surface area contributed by atoms with Crippen molar-refractivity contribution in [3.8, 4) is 23.7 Å². The van der Waals surface area contributed by atoms with Gasteiger partial charge in [-0.15, -0.1) is 0 Å². The SMILES string of the molecule is CCCCCCCCCCC#CC#CCCCCCCCCC(=O)[O-].CCOCC(=O)[O-].[Ca+2]. The maximum atomic E-state index is 10.3. The summed E-state index contributed by atoms with van der Waals surface area (Å²) in [6, 6.07) is 0. The molecule has 0 bridgehead atoms. The number of carboxylic acids is 2. The quantitative estimate of drug-likeness (QED) is 0.157. The van der Waals surface area contributed by atoms with Crippen molar-refractivity contribution >= 4 is 49.7 Å². The van der Waals surface area contributed by atoms with E-state index in [1.807, 2.05) is 0 Å². The number of ether oxygens (including phenoxy) is 1. The Morgan fingerprint density at radius 2 is 1.06 bits per heavy atom. The Morgan fingerprint density at radius 1 is 0.636 bits per heavy atom. The van der Waals surface area contributed by atoms with Crippen molar-refractivity contribution in [3.05, 3.63) is 0 Å². The summed E-state index contributed by atoms with van der Waals surface area (Å²) in [5.74, 6) is 10.1. The van der Waals surface area contributed by atoms with Crippen molar-refractivity contribution in [1.82, 2.24) is 0 Å². The van der Waals surface area contributed by atoms with Gasteiger partial charge in [0.2, 0.25) is 0 Å². The fourth-order valence-corrected chi connectivity index (χ4v) is 2.94. The molecule has 0 aliphatic carbocycles. The van der Waals surface area contributed by atoms with E-state index in [0.29, 0.717) is 6.61 Å². The average Bonchev–Trinajstić information content (AvgIpc) is 2.76. The summed E-state index contributed by atoms with van der Waals surface area (Å²) in [5.41, 5.74) is 0. The van der Waals surface area contributed by atoms with Gasteiger partial charge < -0.3 is 24.5 Å². The summed E-state index contributed by atoms with van der Waals surface area (Å²) >= 11 is 0. The first-order valence-electron chi connectivity index (χ1n) is 12.5. The van der Waals surface area contributed by atoms with E-state index in [0.717, 1.165) is 38.5 Å². The summed E-state index contributed by atoms with van der Waals surface area (Å²) < 4.78 is 4.43. The molecule has 0 aliphatic rings. The molecule has 33 heavy (non-hydrogen) atoms. The van der Waals surface area contributed by atoms with Gasteiger partial charge in [0.1, 0.15) is 0 Å². The fourth-order valence-electron chi connectivity index (χ4n) is 2.94. The standard InChI is InChI=1S/C23H38O2.C4H8O3.Ca/c1-2-3-4-5-6-7-8-9-10-11-12-13-14-15-16-17-18-19-20-21-22-23(24)25;1-2-7-3-4(5)6;/h2-10,15-22H2,1H3,(H,24,25);2-3H2,1H3,(H,5,6);/q;;+2/p-2. The predicted octanol–water partition coefficient (Wildman–Crippen LogP) is 3.79. The zero-order valence-corrected chi connectivity index (χ0v) is 23.4. The molecule has 0 fully saturated rings. The van der Waals surface area contributed by atoms with Gasteiger partial charge in [0, 0.05) is 25.4 Å². The summed E-state index contributed by atoms with van der Waals surface area (Å²) in [6.07, 6.45) is 19.1. The van der Waals surface area contributed by atoms with Gasteiger partial charge in [-0.25, -0.2) is 0 Å². The molecular weight excluding hydrogens is 444 g/mol. The number of rotatable bonds is 19. The van der Waals surface area contributed by atoms with Gasteiger partial charge in [-0.3, -0.25) is 0 Å². The maximum absolute atomic E-state index is 10.3. The summed E-state index contributed by atoms with van der Waals surface area (Å²) in [7, 11) is 0. The second-order valence-corrected chi connectivity index (χ2v) is 7.83. The molecule has 6 heteroatoms. The van der Waals surface area contributed by atoms with Crippen molar-refractivity contribution < 1.29 is 24.5 Å². The number of unbranched alkanes of at least 4 members (excludes halogenated alkanes) is 14. The molecule has 0 heterocycles. The molecule has 0 atom stereocenters. The normalized spacial score (nSPS) is 9.27. The van der Waals surface area contributed by atoms with E-state index in [1.165, 1.54) is 64.2 Å². The third kappa shape index (κ3) is 42.0. The number of carboxylic acid groups (broad SMARTS) is 2. The minimum Gasteiger partial charge on any atom is -0.550 e. The van der Waals surface area contributed by atoms with Gasteiger partial charge in [-0.05, 0) is 44.4 Å². The Labute approximate surface area is 232 Å². The van der Waals surface area contributed by atoms with Crippen LogP contribution >= 0.6 is 0 Å². The Morgan fingerprint density at radius 3 is 1.42 bits per heavy atom. The number of hydrogen-bond donors (Lipinski definition) is 0. The molecule has 0 saturated heterocycles. The fraction of sp³-hybridized carbons (Fsp3) is 0.778. The molecule has 0 unspecified atom stereocenters. The molecule has 0 N–H and O–H groups in total. The largest absolute Gasteiger partial charge is 2.00 e. The maximum Gasteiger partial charge on any atom is 2.00 e. The monoisotopic (exact) mass is 488 g/mol. The average molecular weight is 489 g/mol. The first-order valence-corrected chi connectivity index (χ1v) is 12.5. The Balaban J connectivity index is -0.000000969. The predicted molar refractivity (Wildman–Crippen MR) is 132 cm³/mol. The van der Waals surface area contributed by atoms with Crippen molar-refractivity contribution in [1.29, 1.82) is 0 Å². The van der Waals surface area contributed by atoms with E-state index in [4.69, 9.17) is 0 Å². The Bertz CT molecular complexity index is 554. The molecular formula is C27H44CaO5. The zero-order valence-electron chi connectivity index (χ0n) is 21.2. The first-order chi connectivity index (χ1) is 15.5. The van der Waals surface area contributed by atoms with Gasteiger partial charge in [-0.1, -0.05) is 89.4 Å². The Hall–Kier alpha value is -0.720. The van der Waals surface area contributed by atoms with Crippen LogP contribution in [0.1, 0.15) is 123 Å². The van der Waals surface area contributed by atoms with Crippen molar-refractivity contribution in [2.45, 2.75) is 123 Å². The molecule has 5 nitrogen and oxygen atoms in total. The van der Waals surface area contributed by atoms with E-state index >= 15 is 0 Å². The van der Waals surface area contributed by atoms with E-state index in [2.05, 4.69) is 35.3 Å². The van der Waals surface area contributed by atoms with Crippen LogP contribution in [0.4, 0.5) is 0 Å². The van der Waals surface area contributed by atoms with Gasteiger partial charge in [0.05, 0.1) is 12.6 Å². The van der Waals surface area contributed by atoms with Crippen LogP contribution in [0.25, 0.3) is 0 Å². The van der Waals surface area contributed by atoms with Crippen LogP contribution in [0.15, 0.2) is 0 Å². The molecule has 184 valence electrons. The van der Waals surface area contributed by atoms with Crippen LogP contribution in [0, 0.1) is 23.7 Å². The molecule has 0 aromatic carbocycles. The van der Waals surface area contributed by atoms with Crippen molar-refractivity contribution in [3.63, 3.8) is 0 Å². The minimum absolute atomic E-state index is 0. The number of carbonyl (C=O) groups is 2. The second-order valence-electron chi connectivity index (χ2n) is 7.83. The Kier molecular flexibility index (Phi) is 37.3. The van der Waals surface area contributed by atoms with Crippen LogP contribution in [0.5, 0.6) is 0 Å². The summed E-state index contributed by atoms with van der Waals surface area (Å²) in [5, 5.41) is 19.8. The molecule has 0 aliphatic heterocycles. The molecule has 0 amide bonds. The third-order valence-corrected chi connectivity index (χ3v) is 4.75. The second kappa shape index (κ2) is 33.5. The van der Waals surface area contributed by atoms with E-state index in [9.17, 15) is 19.8 Å². The minimum atomic E-state index is -1.16. The molecule has 0 aromatic heterocycles. The first kappa shape index (κ1) is 36.8. The molecule has 0 radical (unpaired) electrons. The molecule has 0 rings (SSSR count). The smallest absolute Gasteiger partial charge is 0.550 e. The van der Waals surface area contributed by atoms with Crippen LogP contribution in [-0.4, -0.2) is 62.9 Å². The summed E-state index contributed by atoms with van der Waals surface area (Å²) in [4.78, 5) is 19.8. The molecule has 0 aromatic rings. The molecule has 0 spiro atoms. The van der Waals surface area contributed by atoms with Crippen LogP contribution in [0.3, 0.4) is 0 Å². The van der Waals surface area contributed by atoms with Crippen LogP contribution < -0.4 is 10.2 Å². The van der Waals surface area contributed by atoms with Crippen LogP contribution in [-0.2, 0) is 14.3 Å².